The summed E-state index contributed by atoms with van der Waals surface area (Å²) >= 11 is 0. The lowest BCUT2D eigenvalue weighted by Crippen LogP contribution is -2.31. The highest BCUT2D eigenvalue weighted by Crippen LogP contribution is 2.19. The fourth-order valence-electron chi connectivity index (χ4n) is 0.819. The van der Waals surface area contributed by atoms with Crippen LogP contribution >= 0.6 is 0 Å². The molecule has 0 aliphatic rings. The van der Waals surface area contributed by atoms with Crippen LogP contribution in [0.2, 0.25) is 0 Å². The SMILES string of the molecule is CN(CCC(F)(F)F)C(=O)c1nn[nH]n1. The summed E-state index contributed by atoms with van der Waals surface area (Å²) in [7, 11) is 1.24. The number of tetrazole rings is 1. The summed E-state index contributed by atoms with van der Waals surface area (Å²) < 4.78 is 35.5. The first kappa shape index (κ1) is 11.4. The summed E-state index contributed by atoms with van der Waals surface area (Å²) in [5.41, 5.74) is 0. The zero-order valence-electron chi connectivity index (χ0n) is 7.75. The van der Waals surface area contributed by atoms with E-state index in [0.29, 0.717) is 0 Å². The molecule has 0 aliphatic heterocycles. The molecule has 15 heavy (non-hydrogen) atoms. The van der Waals surface area contributed by atoms with E-state index in [1.807, 2.05) is 0 Å². The van der Waals surface area contributed by atoms with Crippen LogP contribution in [0.15, 0.2) is 0 Å². The van der Waals surface area contributed by atoms with Crippen molar-refractivity contribution in [3.8, 4) is 0 Å². The number of nitrogens with zero attached hydrogens (tertiary/aromatic N) is 4. The van der Waals surface area contributed by atoms with E-state index in [-0.39, 0.29) is 5.82 Å². The van der Waals surface area contributed by atoms with Crippen LogP contribution < -0.4 is 0 Å². The Bertz CT molecular complexity index is 322. The summed E-state index contributed by atoms with van der Waals surface area (Å²) in [5.74, 6) is -0.951. The lowest BCUT2D eigenvalue weighted by Gasteiger charge is -2.15. The summed E-state index contributed by atoms with van der Waals surface area (Å²) in [5, 5.41) is 11.9. The quantitative estimate of drug-likeness (QED) is 0.795. The molecule has 0 bridgehead atoms. The Kier molecular flexibility index (Phi) is 3.22. The molecule has 0 unspecified atom stereocenters. The minimum Gasteiger partial charge on any atom is -0.339 e. The second kappa shape index (κ2) is 4.24. The first-order valence-electron chi connectivity index (χ1n) is 3.96. The molecule has 1 rings (SSSR count). The number of hydrogen-bond donors (Lipinski definition) is 1. The molecule has 0 radical (unpaired) electrons. The smallest absolute Gasteiger partial charge is 0.339 e. The van der Waals surface area contributed by atoms with Crippen molar-refractivity contribution in [2.24, 2.45) is 0 Å². The number of aromatic nitrogens is 4. The first-order chi connectivity index (χ1) is 6.90. The van der Waals surface area contributed by atoms with Gasteiger partial charge in [-0.25, -0.2) is 0 Å². The number of rotatable bonds is 3. The Morgan fingerprint density at radius 2 is 2.20 bits per heavy atom. The van der Waals surface area contributed by atoms with E-state index in [2.05, 4.69) is 20.6 Å². The van der Waals surface area contributed by atoms with Crippen molar-refractivity contribution in [3.05, 3.63) is 5.82 Å². The van der Waals surface area contributed by atoms with E-state index in [1.54, 1.807) is 0 Å². The average molecular weight is 223 g/mol. The third-order valence-corrected chi connectivity index (χ3v) is 1.61. The number of carbonyl (C=O) groups excluding carboxylic acids is 1. The van der Waals surface area contributed by atoms with Gasteiger partial charge in [-0.1, -0.05) is 0 Å². The van der Waals surface area contributed by atoms with Gasteiger partial charge < -0.3 is 4.90 Å². The molecule has 1 N–H and O–H groups in total. The van der Waals surface area contributed by atoms with E-state index in [4.69, 9.17) is 0 Å². The number of halogens is 3. The number of aromatic amines is 1. The Morgan fingerprint density at radius 1 is 1.53 bits per heavy atom. The lowest BCUT2D eigenvalue weighted by molar-refractivity contribution is -0.136. The summed E-state index contributed by atoms with van der Waals surface area (Å²) in [4.78, 5) is 12.2. The summed E-state index contributed by atoms with van der Waals surface area (Å²) in [6, 6.07) is 0. The van der Waals surface area contributed by atoms with Gasteiger partial charge in [-0.3, -0.25) is 4.79 Å². The third kappa shape index (κ3) is 3.52. The molecule has 0 saturated heterocycles. The molecular formula is C6H8F3N5O. The van der Waals surface area contributed by atoms with E-state index in [0.717, 1.165) is 4.90 Å². The van der Waals surface area contributed by atoms with E-state index in [9.17, 15) is 18.0 Å². The summed E-state index contributed by atoms with van der Waals surface area (Å²) in [6.07, 6.45) is -5.35. The van der Waals surface area contributed by atoms with Crippen LogP contribution in [-0.2, 0) is 0 Å². The first-order valence-corrected chi connectivity index (χ1v) is 3.96. The molecule has 6 nitrogen and oxygen atoms in total. The largest absolute Gasteiger partial charge is 0.390 e. The molecule has 1 aromatic heterocycles. The molecule has 1 heterocycles. The zero-order valence-corrected chi connectivity index (χ0v) is 7.75. The molecule has 0 aliphatic carbocycles. The van der Waals surface area contributed by atoms with Crippen molar-refractivity contribution in [3.63, 3.8) is 0 Å². The topological polar surface area (TPSA) is 74.8 Å². The molecule has 0 atom stereocenters. The number of H-pyrrole nitrogens is 1. The average Bonchev–Trinajstić information content (AvgIpc) is 2.64. The van der Waals surface area contributed by atoms with Gasteiger partial charge in [0.15, 0.2) is 0 Å². The monoisotopic (exact) mass is 223 g/mol. The second-order valence-corrected chi connectivity index (χ2v) is 2.83. The molecule has 1 amide bonds. The van der Waals surface area contributed by atoms with Gasteiger partial charge >= 0.3 is 6.18 Å². The highest BCUT2D eigenvalue weighted by molar-refractivity contribution is 5.89. The predicted octanol–water partition coefficient (Wildman–Crippen LogP) is 0.224. The lowest BCUT2D eigenvalue weighted by atomic mass is 10.3. The zero-order chi connectivity index (χ0) is 11.5. The maximum absolute atomic E-state index is 11.8. The van der Waals surface area contributed by atoms with Crippen molar-refractivity contribution in [2.75, 3.05) is 13.6 Å². The van der Waals surface area contributed by atoms with Crippen LogP contribution in [0.1, 0.15) is 17.0 Å². The van der Waals surface area contributed by atoms with Crippen molar-refractivity contribution >= 4 is 5.91 Å². The summed E-state index contributed by atoms with van der Waals surface area (Å²) in [6.45, 7) is -0.434. The Labute approximate surface area is 82.4 Å². The van der Waals surface area contributed by atoms with E-state index in [1.165, 1.54) is 7.05 Å². The fraction of sp³-hybridized carbons (Fsp3) is 0.667. The third-order valence-electron chi connectivity index (χ3n) is 1.61. The number of nitrogens with one attached hydrogen (secondary N) is 1. The highest BCUT2D eigenvalue weighted by atomic mass is 19.4. The fourth-order valence-corrected chi connectivity index (χ4v) is 0.819. The van der Waals surface area contributed by atoms with Crippen LogP contribution in [0, 0.1) is 0 Å². The Morgan fingerprint density at radius 3 is 2.67 bits per heavy atom. The highest BCUT2D eigenvalue weighted by Gasteiger charge is 2.28. The van der Waals surface area contributed by atoms with Gasteiger partial charge in [-0.05, 0) is 5.21 Å². The predicted molar refractivity (Wildman–Crippen MR) is 41.8 cm³/mol. The molecule has 1 aromatic rings. The second-order valence-electron chi connectivity index (χ2n) is 2.83. The normalized spacial score (nSPS) is 11.5. The molecule has 0 saturated carbocycles. The van der Waals surface area contributed by atoms with Crippen LogP contribution in [0.25, 0.3) is 0 Å². The molecular weight excluding hydrogens is 215 g/mol. The maximum atomic E-state index is 11.8. The Hall–Kier alpha value is -1.67. The van der Waals surface area contributed by atoms with Crippen molar-refractivity contribution < 1.29 is 18.0 Å². The minimum absolute atomic E-state index is 0.250. The van der Waals surface area contributed by atoms with E-state index >= 15 is 0 Å². The van der Waals surface area contributed by atoms with Gasteiger partial charge in [0, 0.05) is 13.6 Å². The molecule has 9 heteroatoms. The van der Waals surface area contributed by atoms with Crippen molar-refractivity contribution in [1.82, 2.24) is 25.5 Å². The minimum atomic E-state index is -4.29. The maximum Gasteiger partial charge on any atom is 0.390 e. The van der Waals surface area contributed by atoms with E-state index < -0.39 is 25.0 Å². The number of carbonyl (C=O) groups is 1. The Balaban J connectivity index is 2.48. The number of hydrogen-bond acceptors (Lipinski definition) is 4. The van der Waals surface area contributed by atoms with Gasteiger partial charge in [0.25, 0.3) is 11.7 Å². The van der Waals surface area contributed by atoms with Gasteiger partial charge in [0.05, 0.1) is 6.42 Å². The number of alkyl halides is 3. The van der Waals surface area contributed by atoms with Crippen LogP contribution in [0.4, 0.5) is 13.2 Å². The van der Waals surface area contributed by atoms with Crippen LogP contribution in [0.5, 0.6) is 0 Å². The standard InChI is InChI=1S/C6H8F3N5O/c1-14(3-2-6(7,8)9)5(15)4-10-12-13-11-4/h2-3H2,1H3,(H,10,11,12,13). The molecule has 0 aromatic carbocycles. The number of amides is 1. The molecule has 0 fully saturated rings. The van der Waals surface area contributed by atoms with Crippen molar-refractivity contribution in [1.29, 1.82) is 0 Å². The molecule has 84 valence electrons. The van der Waals surface area contributed by atoms with Gasteiger partial charge in [-0.2, -0.15) is 18.4 Å². The van der Waals surface area contributed by atoms with Crippen LogP contribution in [-0.4, -0.2) is 51.2 Å². The van der Waals surface area contributed by atoms with Gasteiger partial charge in [0.1, 0.15) is 0 Å². The van der Waals surface area contributed by atoms with Gasteiger partial charge in [0.2, 0.25) is 0 Å². The van der Waals surface area contributed by atoms with Crippen LogP contribution in [0.3, 0.4) is 0 Å². The van der Waals surface area contributed by atoms with Gasteiger partial charge in [-0.15, -0.1) is 10.2 Å². The van der Waals surface area contributed by atoms with Crippen molar-refractivity contribution in [2.45, 2.75) is 12.6 Å². The molecule has 0 spiro atoms.